The van der Waals surface area contributed by atoms with Gasteiger partial charge in [0, 0.05) is 31.9 Å². The molecule has 1 amide bonds. The number of nitriles is 1. The normalized spacial score (nSPS) is 14.0. The Morgan fingerprint density at radius 1 is 0.912 bits per heavy atom. The molecule has 170 valence electrons. The van der Waals surface area contributed by atoms with E-state index < -0.39 is 0 Å². The summed E-state index contributed by atoms with van der Waals surface area (Å²) < 4.78 is 11.7. The first-order valence-electron chi connectivity index (χ1n) is 11.4. The van der Waals surface area contributed by atoms with Gasteiger partial charge in [0.25, 0.3) is 5.91 Å². The molecule has 1 aliphatic heterocycles. The van der Waals surface area contributed by atoms with E-state index in [4.69, 9.17) is 14.4 Å². The first-order chi connectivity index (χ1) is 16.7. The van der Waals surface area contributed by atoms with E-state index in [1.807, 2.05) is 59.5 Å². The maximum atomic E-state index is 13.1. The Kier molecular flexibility index (Phi) is 6.17. The molecular weight excluding hydrogens is 426 g/mol. The van der Waals surface area contributed by atoms with Gasteiger partial charge in [-0.05, 0) is 65.7 Å². The summed E-state index contributed by atoms with van der Waals surface area (Å²) in [5, 5.41) is 11.3. The molecule has 6 nitrogen and oxygen atoms in total. The molecule has 4 aromatic rings. The van der Waals surface area contributed by atoms with Gasteiger partial charge in [-0.2, -0.15) is 5.26 Å². The van der Waals surface area contributed by atoms with Crippen molar-refractivity contribution in [3.8, 4) is 11.8 Å². The van der Waals surface area contributed by atoms with Gasteiger partial charge >= 0.3 is 0 Å². The molecule has 2 heterocycles. The van der Waals surface area contributed by atoms with Crippen molar-refractivity contribution in [1.82, 2.24) is 4.90 Å². The third-order valence-electron chi connectivity index (χ3n) is 6.12. The van der Waals surface area contributed by atoms with E-state index in [9.17, 15) is 4.79 Å². The Labute approximate surface area is 198 Å². The second kappa shape index (κ2) is 9.72. The van der Waals surface area contributed by atoms with Crippen LogP contribution >= 0.6 is 0 Å². The van der Waals surface area contributed by atoms with Crippen molar-refractivity contribution in [1.29, 1.82) is 5.26 Å². The zero-order valence-electron chi connectivity index (χ0n) is 18.8. The van der Waals surface area contributed by atoms with Crippen molar-refractivity contribution in [3.63, 3.8) is 0 Å². The number of benzene rings is 3. The van der Waals surface area contributed by atoms with Crippen molar-refractivity contribution < 1.29 is 13.9 Å². The lowest BCUT2D eigenvalue weighted by Gasteiger charge is -2.23. The van der Waals surface area contributed by atoms with Crippen molar-refractivity contribution in [3.05, 3.63) is 95.9 Å². The number of ether oxygens (including phenoxy) is 1. The first kappa shape index (κ1) is 21.6. The minimum absolute atomic E-state index is 0.0985. The molecule has 1 fully saturated rings. The van der Waals surface area contributed by atoms with Crippen LogP contribution in [0.2, 0.25) is 0 Å². The molecule has 0 saturated carbocycles. The SMILES string of the molecule is N#Cc1ccc(N2CCCN(C(=O)c3ccc(COc4ccc5ccccc5c4)o3)CC2)cc1. The smallest absolute Gasteiger partial charge is 0.289 e. The van der Waals surface area contributed by atoms with Crippen LogP contribution in [-0.4, -0.2) is 37.0 Å². The number of rotatable bonds is 5. The molecule has 34 heavy (non-hydrogen) atoms. The first-order valence-corrected chi connectivity index (χ1v) is 11.4. The van der Waals surface area contributed by atoms with E-state index in [0.717, 1.165) is 41.7 Å². The Hall–Kier alpha value is -4.24. The monoisotopic (exact) mass is 451 g/mol. The van der Waals surface area contributed by atoms with E-state index in [1.54, 1.807) is 12.1 Å². The summed E-state index contributed by atoms with van der Waals surface area (Å²) >= 11 is 0. The van der Waals surface area contributed by atoms with Crippen LogP contribution in [-0.2, 0) is 6.61 Å². The van der Waals surface area contributed by atoms with E-state index >= 15 is 0 Å². The summed E-state index contributed by atoms with van der Waals surface area (Å²) in [5.74, 6) is 1.62. The van der Waals surface area contributed by atoms with Crippen LogP contribution in [0, 0.1) is 11.3 Å². The summed E-state index contributed by atoms with van der Waals surface area (Å²) in [6, 6.07) is 27.4. The lowest BCUT2D eigenvalue weighted by Crippen LogP contribution is -2.35. The number of fused-ring (bicyclic) bond motifs is 1. The zero-order chi connectivity index (χ0) is 23.3. The van der Waals surface area contributed by atoms with Crippen LogP contribution in [0.1, 0.15) is 28.3 Å². The van der Waals surface area contributed by atoms with Crippen LogP contribution in [0.15, 0.2) is 83.3 Å². The maximum absolute atomic E-state index is 13.1. The van der Waals surface area contributed by atoms with Gasteiger partial charge in [0.05, 0.1) is 11.6 Å². The topological polar surface area (TPSA) is 69.7 Å². The van der Waals surface area contributed by atoms with Crippen LogP contribution < -0.4 is 9.64 Å². The molecule has 0 unspecified atom stereocenters. The quantitative estimate of drug-likeness (QED) is 0.415. The number of nitrogens with zero attached hydrogens (tertiary/aromatic N) is 3. The van der Waals surface area contributed by atoms with Gasteiger partial charge in [-0.3, -0.25) is 4.79 Å². The zero-order valence-corrected chi connectivity index (χ0v) is 18.8. The predicted octanol–water partition coefficient (Wildman–Crippen LogP) is 5.24. The van der Waals surface area contributed by atoms with Crippen LogP contribution in [0.3, 0.4) is 0 Å². The van der Waals surface area contributed by atoms with Crippen molar-refractivity contribution >= 4 is 22.4 Å². The van der Waals surface area contributed by atoms with Crippen molar-refractivity contribution in [2.24, 2.45) is 0 Å². The Bertz CT molecular complexity index is 1340. The fourth-order valence-corrected chi connectivity index (χ4v) is 4.26. The maximum Gasteiger partial charge on any atom is 0.289 e. The van der Waals surface area contributed by atoms with Gasteiger partial charge in [0.2, 0.25) is 0 Å². The number of carbonyl (C=O) groups excluding carboxylic acids is 1. The fourth-order valence-electron chi connectivity index (χ4n) is 4.26. The van der Waals surface area contributed by atoms with Gasteiger partial charge in [-0.25, -0.2) is 0 Å². The Balaban J connectivity index is 1.18. The lowest BCUT2D eigenvalue weighted by atomic mass is 10.1. The van der Waals surface area contributed by atoms with E-state index in [-0.39, 0.29) is 12.5 Å². The summed E-state index contributed by atoms with van der Waals surface area (Å²) in [4.78, 5) is 17.1. The summed E-state index contributed by atoms with van der Waals surface area (Å²) in [5.41, 5.74) is 1.72. The highest BCUT2D eigenvalue weighted by molar-refractivity contribution is 5.91. The Morgan fingerprint density at radius 3 is 2.56 bits per heavy atom. The fraction of sp³-hybridized carbons (Fsp3) is 0.214. The average molecular weight is 452 g/mol. The summed E-state index contributed by atoms with van der Waals surface area (Å²) in [6.45, 7) is 3.14. The largest absolute Gasteiger partial charge is 0.486 e. The minimum atomic E-state index is -0.0985. The third-order valence-corrected chi connectivity index (χ3v) is 6.12. The molecule has 6 heteroatoms. The number of carbonyl (C=O) groups is 1. The van der Waals surface area contributed by atoms with Gasteiger partial charge < -0.3 is 19.0 Å². The number of anilines is 1. The molecule has 3 aromatic carbocycles. The molecule has 1 aromatic heterocycles. The van der Waals surface area contributed by atoms with Crippen LogP contribution in [0.25, 0.3) is 10.8 Å². The molecule has 5 rings (SSSR count). The van der Waals surface area contributed by atoms with E-state index in [2.05, 4.69) is 23.1 Å². The van der Waals surface area contributed by atoms with Gasteiger partial charge in [0.15, 0.2) is 5.76 Å². The standard InChI is InChI=1S/C28H25N3O3/c29-19-21-6-9-24(10-7-21)30-14-3-15-31(17-16-30)28(32)27-13-12-26(34-27)20-33-25-11-8-22-4-1-2-5-23(22)18-25/h1-2,4-13,18H,3,14-17,20H2. The van der Waals surface area contributed by atoms with Crippen molar-refractivity contribution in [2.75, 3.05) is 31.1 Å². The number of amides is 1. The highest BCUT2D eigenvalue weighted by Crippen LogP contribution is 2.23. The molecule has 0 spiro atoms. The van der Waals surface area contributed by atoms with Crippen molar-refractivity contribution in [2.45, 2.75) is 13.0 Å². The third kappa shape index (κ3) is 4.74. The second-order valence-corrected chi connectivity index (χ2v) is 8.36. The van der Waals surface area contributed by atoms with Crippen LogP contribution in [0.5, 0.6) is 5.75 Å². The highest BCUT2D eigenvalue weighted by Gasteiger charge is 2.23. The van der Waals surface area contributed by atoms with Gasteiger partial charge in [0.1, 0.15) is 18.1 Å². The number of hydrogen-bond acceptors (Lipinski definition) is 5. The summed E-state index contributed by atoms with van der Waals surface area (Å²) in [7, 11) is 0. The molecule has 0 bridgehead atoms. The molecular formula is C28H25N3O3. The van der Waals surface area contributed by atoms with E-state index in [0.29, 0.717) is 30.2 Å². The lowest BCUT2D eigenvalue weighted by molar-refractivity contribution is 0.0731. The Morgan fingerprint density at radius 2 is 1.74 bits per heavy atom. The minimum Gasteiger partial charge on any atom is -0.486 e. The summed E-state index contributed by atoms with van der Waals surface area (Å²) in [6.07, 6.45) is 0.865. The predicted molar refractivity (Wildman–Crippen MR) is 131 cm³/mol. The van der Waals surface area contributed by atoms with Gasteiger partial charge in [-0.1, -0.05) is 30.3 Å². The van der Waals surface area contributed by atoms with Gasteiger partial charge in [-0.15, -0.1) is 0 Å². The van der Waals surface area contributed by atoms with Crippen LogP contribution in [0.4, 0.5) is 5.69 Å². The highest BCUT2D eigenvalue weighted by atomic mass is 16.5. The molecule has 1 aliphatic rings. The average Bonchev–Trinajstić information content (AvgIpc) is 3.23. The molecule has 0 N–H and O–H groups in total. The molecule has 0 aliphatic carbocycles. The number of furan rings is 1. The van der Waals surface area contributed by atoms with E-state index in [1.165, 1.54) is 0 Å². The number of hydrogen-bond donors (Lipinski definition) is 0. The molecule has 0 atom stereocenters. The second-order valence-electron chi connectivity index (χ2n) is 8.36. The molecule has 1 saturated heterocycles. The molecule has 0 radical (unpaired) electrons.